The van der Waals surface area contributed by atoms with Gasteiger partial charge in [-0.15, -0.1) is 0 Å². The van der Waals surface area contributed by atoms with Crippen molar-refractivity contribution in [3.8, 4) is 11.5 Å². The van der Waals surface area contributed by atoms with E-state index in [1.54, 1.807) is 32.4 Å². The van der Waals surface area contributed by atoms with Crippen LogP contribution in [0.3, 0.4) is 0 Å². The largest absolute Gasteiger partial charge is 0.493 e. The fourth-order valence-corrected chi connectivity index (χ4v) is 2.72. The first kappa shape index (κ1) is 13.5. The van der Waals surface area contributed by atoms with Gasteiger partial charge in [0.2, 0.25) is 0 Å². The molecule has 0 aliphatic carbocycles. The maximum absolute atomic E-state index is 12.6. The van der Waals surface area contributed by atoms with E-state index in [-0.39, 0.29) is 5.56 Å². The van der Waals surface area contributed by atoms with Crippen molar-refractivity contribution in [2.45, 2.75) is 0 Å². The van der Waals surface area contributed by atoms with Gasteiger partial charge in [0.1, 0.15) is 6.33 Å². The third-order valence-electron chi connectivity index (χ3n) is 3.86. The molecule has 23 heavy (non-hydrogen) atoms. The second-order valence-corrected chi connectivity index (χ2v) is 5.10. The van der Waals surface area contributed by atoms with Gasteiger partial charge in [-0.2, -0.15) is 0 Å². The van der Waals surface area contributed by atoms with Crippen LogP contribution in [0.2, 0.25) is 0 Å². The maximum Gasteiger partial charge on any atom is 0.266 e. The number of benzene rings is 2. The van der Waals surface area contributed by atoms with E-state index in [0.29, 0.717) is 33.6 Å². The zero-order valence-electron chi connectivity index (χ0n) is 12.6. The Balaban J connectivity index is 2.21. The summed E-state index contributed by atoms with van der Waals surface area (Å²) in [5, 5.41) is 1.29. The molecule has 0 amide bonds. The quantitative estimate of drug-likeness (QED) is 0.420. The predicted octanol–water partition coefficient (Wildman–Crippen LogP) is 2.41. The van der Waals surface area contributed by atoms with Crippen LogP contribution in [0.5, 0.6) is 11.5 Å². The summed E-state index contributed by atoms with van der Waals surface area (Å²) in [5.41, 5.74) is 1.74. The van der Waals surface area contributed by atoms with Crippen molar-refractivity contribution in [2.24, 2.45) is 0 Å². The van der Waals surface area contributed by atoms with Gasteiger partial charge < -0.3 is 9.47 Å². The van der Waals surface area contributed by atoms with E-state index in [4.69, 9.17) is 9.47 Å². The van der Waals surface area contributed by atoms with E-state index < -0.39 is 0 Å². The summed E-state index contributed by atoms with van der Waals surface area (Å²) < 4.78 is 12.1. The molecule has 0 radical (unpaired) electrons. The van der Waals surface area contributed by atoms with Crippen LogP contribution in [0.4, 0.5) is 0 Å². The number of methoxy groups -OCH3 is 2. The Labute approximate surface area is 130 Å². The van der Waals surface area contributed by atoms with Gasteiger partial charge in [0, 0.05) is 11.5 Å². The van der Waals surface area contributed by atoms with Gasteiger partial charge >= 0.3 is 0 Å². The molecule has 0 aliphatic rings. The van der Waals surface area contributed by atoms with E-state index in [1.165, 1.54) is 10.7 Å². The van der Waals surface area contributed by atoms with Gasteiger partial charge in [-0.25, -0.2) is 14.4 Å². The van der Waals surface area contributed by atoms with E-state index in [1.807, 2.05) is 18.2 Å². The van der Waals surface area contributed by atoms with Crippen LogP contribution in [-0.4, -0.2) is 28.6 Å². The number of aromatic nitrogens is 3. The molecule has 6 heteroatoms. The average Bonchev–Trinajstić information content (AvgIpc) is 2.60. The van der Waals surface area contributed by atoms with Crippen LogP contribution < -0.4 is 15.0 Å². The minimum absolute atomic E-state index is 0.144. The van der Waals surface area contributed by atoms with E-state index in [2.05, 4.69) is 9.97 Å². The monoisotopic (exact) mass is 307 g/mol. The third kappa shape index (κ3) is 1.92. The van der Waals surface area contributed by atoms with Crippen molar-refractivity contribution in [1.82, 2.24) is 14.4 Å². The average molecular weight is 307 g/mol. The first-order valence-electron chi connectivity index (χ1n) is 7.05. The van der Waals surface area contributed by atoms with Crippen LogP contribution in [0.15, 0.2) is 47.5 Å². The molecule has 0 fully saturated rings. The molecule has 2 heterocycles. The van der Waals surface area contributed by atoms with Crippen molar-refractivity contribution in [1.29, 1.82) is 0 Å². The first-order chi connectivity index (χ1) is 11.2. The Morgan fingerprint density at radius 1 is 0.957 bits per heavy atom. The van der Waals surface area contributed by atoms with Crippen molar-refractivity contribution >= 4 is 27.5 Å². The molecule has 4 rings (SSSR count). The lowest BCUT2D eigenvalue weighted by molar-refractivity contribution is 0.356. The molecular formula is C17H13N3O3. The minimum Gasteiger partial charge on any atom is -0.493 e. The summed E-state index contributed by atoms with van der Waals surface area (Å²) >= 11 is 0. The van der Waals surface area contributed by atoms with E-state index in [9.17, 15) is 4.79 Å². The molecule has 114 valence electrons. The summed E-state index contributed by atoms with van der Waals surface area (Å²) in [7, 11) is 3.14. The molecule has 0 atom stereocenters. The Morgan fingerprint density at radius 2 is 1.70 bits per heavy atom. The van der Waals surface area contributed by atoms with Gasteiger partial charge in [0.15, 0.2) is 17.1 Å². The van der Waals surface area contributed by atoms with Crippen LogP contribution in [-0.2, 0) is 0 Å². The SMILES string of the molecule is COc1cc2ncn3c(=O)c4ccccc4nc3c2cc1OC. The molecule has 0 spiro atoms. The van der Waals surface area contributed by atoms with Crippen LogP contribution in [0.25, 0.3) is 27.5 Å². The van der Waals surface area contributed by atoms with Crippen LogP contribution in [0, 0.1) is 0 Å². The first-order valence-corrected chi connectivity index (χ1v) is 7.05. The molecule has 0 aliphatic heterocycles. The van der Waals surface area contributed by atoms with Gasteiger partial charge in [-0.3, -0.25) is 4.79 Å². The zero-order chi connectivity index (χ0) is 16.0. The molecule has 4 aromatic rings. The second kappa shape index (κ2) is 4.95. The number of rotatable bonds is 2. The van der Waals surface area contributed by atoms with Crippen molar-refractivity contribution in [3.63, 3.8) is 0 Å². The number of hydrogen-bond donors (Lipinski definition) is 0. The van der Waals surface area contributed by atoms with Crippen LogP contribution in [0.1, 0.15) is 0 Å². The highest BCUT2D eigenvalue weighted by molar-refractivity contribution is 5.95. The van der Waals surface area contributed by atoms with Gasteiger partial charge in [0.05, 0.1) is 30.6 Å². The van der Waals surface area contributed by atoms with Gasteiger partial charge in [-0.1, -0.05) is 12.1 Å². The van der Waals surface area contributed by atoms with E-state index in [0.717, 1.165) is 5.39 Å². The van der Waals surface area contributed by atoms with Crippen LogP contribution >= 0.6 is 0 Å². The summed E-state index contributed by atoms with van der Waals surface area (Å²) in [4.78, 5) is 21.6. The Bertz CT molecular complexity index is 1120. The highest BCUT2D eigenvalue weighted by Gasteiger charge is 2.12. The standard InChI is InChI=1S/C17H13N3O3/c1-22-14-7-11-13(8-15(14)23-2)18-9-20-16(11)19-12-6-4-3-5-10(12)17(20)21/h3-9H,1-2H3. The third-order valence-corrected chi connectivity index (χ3v) is 3.86. The zero-order valence-corrected chi connectivity index (χ0v) is 12.6. The highest BCUT2D eigenvalue weighted by atomic mass is 16.5. The number of nitrogens with zero attached hydrogens (tertiary/aromatic N) is 3. The fourth-order valence-electron chi connectivity index (χ4n) is 2.72. The Kier molecular flexibility index (Phi) is 2.90. The van der Waals surface area contributed by atoms with Crippen molar-refractivity contribution in [3.05, 3.63) is 53.1 Å². The molecule has 0 saturated carbocycles. The van der Waals surface area contributed by atoms with Gasteiger partial charge in [0.25, 0.3) is 5.56 Å². The fraction of sp³-hybridized carbons (Fsp3) is 0.118. The molecule has 0 unspecified atom stereocenters. The number of para-hydroxylation sites is 1. The summed E-state index contributed by atoms with van der Waals surface area (Å²) in [6.45, 7) is 0. The number of ether oxygens (including phenoxy) is 2. The summed E-state index contributed by atoms with van der Waals surface area (Å²) in [6.07, 6.45) is 1.49. The molecule has 6 nitrogen and oxygen atoms in total. The molecule has 0 N–H and O–H groups in total. The lowest BCUT2D eigenvalue weighted by Gasteiger charge is -2.10. The minimum atomic E-state index is -0.144. The van der Waals surface area contributed by atoms with E-state index >= 15 is 0 Å². The normalized spacial score (nSPS) is 11.2. The maximum atomic E-state index is 12.6. The lowest BCUT2D eigenvalue weighted by atomic mass is 10.2. The summed E-state index contributed by atoms with van der Waals surface area (Å²) in [6, 6.07) is 10.8. The summed E-state index contributed by atoms with van der Waals surface area (Å²) in [5.74, 6) is 1.15. The molecule has 2 aromatic heterocycles. The number of hydrogen-bond acceptors (Lipinski definition) is 5. The smallest absolute Gasteiger partial charge is 0.266 e. The lowest BCUT2D eigenvalue weighted by Crippen LogP contribution is -2.16. The topological polar surface area (TPSA) is 65.7 Å². The van der Waals surface area contributed by atoms with Gasteiger partial charge in [-0.05, 0) is 18.2 Å². The molecule has 0 saturated heterocycles. The van der Waals surface area contributed by atoms with Crippen molar-refractivity contribution < 1.29 is 9.47 Å². The highest BCUT2D eigenvalue weighted by Crippen LogP contribution is 2.32. The second-order valence-electron chi connectivity index (χ2n) is 5.10. The molecular weight excluding hydrogens is 294 g/mol. The molecule has 0 bridgehead atoms. The Hall–Kier alpha value is -3.15. The van der Waals surface area contributed by atoms with Crippen molar-refractivity contribution in [2.75, 3.05) is 14.2 Å². The number of fused-ring (bicyclic) bond motifs is 4. The Morgan fingerprint density at radius 3 is 2.48 bits per heavy atom. The molecule has 2 aromatic carbocycles. The predicted molar refractivity (Wildman–Crippen MR) is 87.4 cm³/mol.